The molecule has 0 atom stereocenters. The molecule has 1 fully saturated rings. The van der Waals surface area contributed by atoms with E-state index in [0.717, 1.165) is 12.5 Å². The quantitative estimate of drug-likeness (QED) is 0.761. The highest BCUT2D eigenvalue weighted by Gasteiger charge is 2.19. The Morgan fingerprint density at radius 1 is 1.40 bits per heavy atom. The molecule has 1 nitrogen and oxygen atoms in total. The van der Waals surface area contributed by atoms with Crippen LogP contribution in [0.3, 0.4) is 0 Å². The Labute approximate surface area is 94.6 Å². The van der Waals surface area contributed by atoms with Crippen LogP contribution in [0.1, 0.15) is 24.8 Å². The normalized spacial score (nSPS) is 15.6. The summed E-state index contributed by atoms with van der Waals surface area (Å²) in [6, 6.07) is 4.67. The van der Waals surface area contributed by atoms with Gasteiger partial charge in [0.05, 0.1) is 0 Å². The average Bonchev–Trinajstić information content (AvgIpc) is 3.01. The van der Waals surface area contributed by atoms with Crippen molar-refractivity contribution in [3.63, 3.8) is 0 Å². The largest absolute Gasteiger partial charge is 0.313 e. The van der Waals surface area contributed by atoms with E-state index in [1.54, 1.807) is 12.1 Å². The van der Waals surface area contributed by atoms with Crippen molar-refractivity contribution in [2.45, 2.75) is 25.8 Å². The molecule has 0 spiro atoms. The molecule has 0 heterocycles. The number of benzene rings is 1. The molecule has 0 saturated heterocycles. The van der Waals surface area contributed by atoms with E-state index in [1.807, 2.05) is 0 Å². The predicted molar refractivity (Wildman–Crippen MR) is 60.5 cm³/mol. The van der Waals surface area contributed by atoms with Gasteiger partial charge in [-0.3, -0.25) is 0 Å². The summed E-state index contributed by atoms with van der Waals surface area (Å²) in [7, 11) is 0. The fourth-order valence-corrected chi connectivity index (χ4v) is 1.81. The third-order valence-corrected chi connectivity index (χ3v) is 2.98. The van der Waals surface area contributed by atoms with Crippen LogP contribution in [0.15, 0.2) is 18.2 Å². The molecule has 0 aliphatic heterocycles. The van der Waals surface area contributed by atoms with Crippen LogP contribution in [0, 0.1) is 11.7 Å². The molecule has 0 aromatic heterocycles. The Morgan fingerprint density at radius 3 is 2.93 bits per heavy atom. The van der Waals surface area contributed by atoms with Gasteiger partial charge in [0.1, 0.15) is 5.82 Å². The monoisotopic (exact) mass is 227 g/mol. The van der Waals surface area contributed by atoms with Crippen molar-refractivity contribution in [2.24, 2.45) is 5.92 Å². The molecule has 15 heavy (non-hydrogen) atoms. The fourth-order valence-electron chi connectivity index (χ4n) is 1.61. The topological polar surface area (TPSA) is 12.0 Å². The second-order valence-corrected chi connectivity index (χ2v) is 4.58. The minimum absolute atomic E-state index is 0.182. The lowest BCUT2D eigenvalue weighted by atomic mass is 10.2. The van der Waals surface area contributed by atoms with Crippen LogP contribution < -0.4 is 5.32 Å². The standard InChI is InChI=1S/C12H15ClFN/c13-11-3-4-12(14)10(7-11)8-15-6-5-9-1-2-9/h3-4,7,9,15H,1-2,5-6,8H2. The van der Waals surface area contributed by atoms with Gasteiger partial charge in [-0.15, -0.1) is 0 Å². The van der Waals surface area contributed by atoms with Crippen LogP contribution in [0.25, 0.3) is 0 Å². The number of hydrogen-bond acceptors (Lipinski definition) is 1. The van der Waals surface area contributed by atoms with Gasteiger partial charge in [0.15, 0.2) is 0 Å². The van der Waals surface area contributed by atoms with Gasteiger partial charge in [-0.25, -0.2) is 4.39 Å². The third kappa shape index (κ3) is 3.47. The maximum Gasteiger partial charge on any atom is 0.127 e. The Balaban J connectivity index is 1.78. The van der Waals surface area contributed by atoms with E-state index in [-0.39, 0.29) is 5.82 Å². The van der Waals surface area contributed by atoms with Crippen LogP contribution in [-0.4, -0.2) is 6.54 Å². The van der Waals surface area contributed by atoms with Gasteiger partial charge >= 0.3 is 0 Å². The average molecular weight is 228 g/mol. The zero-order chi connectivity index (χ0) is 10.7. The molecule has 1 saturated carbocycles. The van der Waals surface area contributed by atoms with Crippen LogP contribution >= 0.6 is 11.6 Å². The molecule has 0 radical (unpaired) electrons. The van der Waals surface area contributed by atoms with Crippen molar-refractivity contribution in [1.29, 1.82) is 0 Å². The predicted octanol–water partition coefficient (Wildman–Crippen LogP) is 3.37. The highest BCUT2D eigenvalue weighted by molar-refractivity contribution is 6.30. The van der Waals surface area contributed by atoms with Gasteiger partial charge in [0, 0.05) is 17.1 Å². The summed E-state index contributed by atoms with van der Waals surface area (Å²) < 4.78 is 13.3. The first-order valence-electron chi connectivity index (χ1n) is 5.40. The summed E-state index contributed by atoms with van der Waals surface area (Å²) in [5.74, 6) is 0.736. The van der Waals surface area contributed by atoms with E-state index < -0.39 is 0 Å². The van der Waals surface area contributed by atoms with Gasteiger partial charge in [0.2, 0.25) is 0 Å². The van der Waals surface area contributed by atoms with Crippen molar-refractivity contribution < 1.29 is 4.39 Å². The number of hydrogen-bond donors (Lipinski definition) is 1. The second kappa shape index (κ2) is 4.95. The summed E-state index contributed by atoms with van der Waals surface area (Å²) >= 11 is 5.80. The van der Waals surface area contributed by atoms with E-state index in [2.05, 4.69) is 5.32 Å². The summed E-state index contributed by atoms with van der Waals surface area (Å²) in [5.41, 5.74) is 0.651. The van der Waals surface area contributed by atoms with Crippen LogP contribution in [0.4, 0.5) is 4.39 Å². The second-order valence-electron chi connectivity index (χ2n) is 4.14. The molecular weight excluding hydrogens is 213 g/mol. The lowest BCUT2D eigenvalue weighted by molar-refractivity contribution is 0.571. The molecule has 1 N–H and O–H groups in total. The highest BCUT2D eigenvalue weighted by atomic mass is 35.5. The van der Waals surface area contributed by atoms with E-state index in [1.165, 1.54) is 25.3 Å². The Hall–Kier alpha value is -0.600. The zero-order valence-electron chi connectivity index (χ0n) is 8.60. The van der Waals surface area contributed by atoms with Crippen molar-refractivity contribution in [3.8, 4) is 0 Å². The third-order valence-electron chi connectivity index (χ3n) is 2.75. The molecule has 1 aliphatic carbocycles. The van der Waals surface area contributed by atoms with Gasteiger partial charge < -0.3 is 5.32 Å². The zero-order valence-corrected chi connectivity index (χ0v) is 9.36. The minimum Gasteiger partial charge on any atom is -0.313 e. The maximum absolute atomic E-state index is 13.3. The van der Waals surface area contributed by atoms with Crippen molar-refractivity contribution >= 4 is 11.6 Å². The van der Waals surface area contributed by atoms with Gasteiger partial charge in [-0.2, -0.15) is 0 Å². The maximum atomic E-state index is 13.3. The summed E-state index contributed by atoms with van der Waals surface area (Å²) in [6.07, 6.45) is 3.95. The fraction of sp³-hybridized carbons (Fsp3) is 0.500. The summed E-state index contributed by atoms with van der Waals surface area (Å²) in [4.78, 5) is 0. The van der Waals surface area contributed by atoms with Crippen molar-refractivity contribution in [1.82, 2.24) is 5.32 Å². The van der Waals surface area contributed by atoms with E-state index in [0.29, 0.717) is 17.1 Å². The van der Waals surface area contributed by atoms with Gasteiger partial charge in [0.25, 0.3) is 0 Å². The first-order chi connectivity index (χ1) is 7.25. The van der Waals surface area contributed by atoms with Crippen LogP contribution in [0.5, 0.6) is 0 Å². The van der Waals surface area contributed by atoms with Crippen LogP contribution in [0.2, 0.25) is 5.02 Å². The van der Waals surface area contributed by atoms with Gasteiger partial charge in [-0.05, 0) is 37.1 Å². The molecule has 2 rings (SSSR count). The highest BCUT2D eigenvalue weighted by Crippen LogP contribution is 2.31. The first-order valence-corrected chi connectivity index (χ1v) is 5.78. The summed E-state index contributed by atoms with van der Waals surface area (Å²) in [5, 5.41) is 3.84. The molecule has 1 aromatic rings. The minimum atomic E-state index is -0.182. The SMILES string of the molecule is Fc1ccc(Cl)cc1CNCCC1CC1. The first kappa shape index (κ1) is 10.9. The van der Waals surface area contributed by atoms with E-state index in [4.69, 9.17) is 11.6 Å². The Morgan fingerprint density at radius 2 is 2.20 bits per heavy atom. The lowest BCUT2D eigenvalue weighted by Crippen LogP contribution is -2.16. The number of rotatable bonds is 5. The molecule has 1 aliphatic rings. The Kier molecular flexibility index (Phi) is 3.60. The number of nitrogens with one attached hydrogen (secondary N) is 1. The van der Waals surface area contributed by atoms with Crippen LogP contribution in [-0.2, 0) is 6.54 Å². The molecule has 1 aromatic carbocycles. The molecule has 0 unspecified atom stereocenters. The Bertz CT molecular complexity index is 336. The lowest BCUT2D eigenvalue weighted by Gasteiger charge is -2.05. The van der Waals surface area contributed by atoms with Crippen molar-refractivity contribution in [3.05, 3.63) is 34.6 Å². The molecule has 0 bridgehead atoms. The number of halogens is 2. The van der Waals surface area contributed by atoms with E-state index >= 15 is 0 Å². The molecule has 0 amide bonds. The summed E-state index contributed by atoms with van der Waals surface area (Å²) in [6.45, 7) is 1.54. The molecule has 82 valence electrons. The van der Waals surface area contributed by atoms with Crippen molar-refractivity contribution in [2.75, 3.05) is 6.54 Å². The molecular formula is C12H15ClFN. The smallest absolute Gasteiger partial charge is 0.127 e. The van der Waals surface area contributed by atoms with Gasteiger partial charge in [-0.1, -0.05) is 24.4 Å². The molecule has 3 heteroatoms. The van der Waals surface area contributed by atoms with E-state index in [9.17, 15) is 4.39 Å².